The number of halogens is 2. The Hall–Kier alpha value is -1.92. The minimum Gasteiger partial charge on any atom is -0.332 e. The smallest absolute Gasteiger partial charge is 0.276 e. The van der Waals surface area contributed by atoms with E-state index in [1.54, 1.807) is 13.1 Å². The fourth-order valence-electron chi connectivity index (χ4n) is 3.72. The van der Waals surface area contributed by atoms with Crippen LogP contribution in [0, 0.1) is 5.41 Å². The average Bonchev–Trinajstić information content (AvgIpc) is 2.98. The summed E-state index contributed by atoms with van der Waals surface area (Å²) >= 11 is 0. The molecule has 2 N–H and O–H groups in total. The number of hydrogen-bond donors (Lipinski definition) is 1. The van der Waals surface area contributed by atoms with E-state index in [0.717, 1.165) is 4.31 Å². The van der Waals surface area contributed by atoms with E-state index in [9.17, 15) is 17.2 Å². The summed E-state index contributed by atoms with van der Waals surface area (Å²) in [6.07, 6.45) is 1.53. The van der Waals surface area contributed by atoms with Crippen molar-refractivity contribution in [2.24, 2.45) is 17.6 Å². The van der Waals surface area contributed by atoms with E-state index >= 15 is 0 Å². The number of aromatic nitrogens is 4. The molecule has 1 aliphatic heterocycles. The number of alkyl halides is 2. The molecule has 136 valence electrons. The SMILES string of the molecule is Cn1nccc1-c1nc([C@@H]2C(F)(F)C23CCN(S(N)(=O)=O)CC3)no1. The Morgan fingerprint density at radius 2 is 2.04 bits per heavy atom. The minimum absolute atomic E-state index is 0.00329. The molecule has 2 fully saturated rings. The molecule has 0 amide bonds. The van der Waals surface area contributed by atoms with Crippen molar-refractivity contribution in [2.75, 3.05) is 13.1 Å². The lowest BCUT2D eigenvalue weighted by Gasteiger charge is -2.30. The third kappa shape index (κ3) is 2.31. The summed E-state index contributed by atoms with van der Waals surface area (Å²) in [4.78, 5) is 4.11. The molecule has 1 saturated carbocycles. The molecule has 9 nitrogen and oxygen atoms in total. The van der Waals surface area contributed by atoms with Gasteiger partial charge in [-0.15, -0.1) is 0 Å². The van der Waals surface area contributed by atoms with E-state index in [-0.39, 0.29) is 37.6 Å². The van der Waals surface area contributed by atoms with Crippen LogP contribution in [0.3, 0.4) is 0 Å². The molecule has 0 unspecified atom stereocenters. The second-order valence-corrected chi connectivity index (χ2v) is 8.00. The van der Waals surface area contributed by atoms with Crippen LogP contribution < -0.4 is 5.14 Å². The molecule has 2 aliphatic rings. The Balaban J connectivity index is 1.58. The Bertz CT molecular complexity index is 916. The minimum atomic E-state index is -3.87. The van der Waals surface area contributed by atoms with E-state index in [4.69, 9.17) is 9.66 Å². The standard InChI is InChI=1S/C13H16F2N6O3S/c1-20-8(2-5-17-20)11-18-10(19-24-11)9-12(13(9,14)15)3-6-21(7-4-12)25(16,22)23/h2,5,9H,3-4,6-7H2,1H3,(H2,16,22,23)/t9-/m0/s1. The van der Waals surface area contributed by atoms with Crippen molar-refractivity contribution in [3.05, 3.63) is 18.1 Å². The molecular weight excluding hydrogens is 358 g/mol. The lowest BCUT2D eigenvalue weighted by atomic mass is 9.91. The van der Waals surface area contributed by atoms with Gasteiger partial charge < -0.3 is 4.52 Å². The number of nitrogens with two attached hydrogens (primary N) is 1. The Labute approximate surface area is 142 Å². The molecule has 12 heteroatoms. The molecular formula is C13H16F2N6O3S. The maximum Gasteiger partial charge on any atom is 0.276 e. The maximum atomic E-state index is 14.5. The molecule has 0 radical (unpaired) electrons. The summed E-state index contributed by atoms with van der Waals surface area (Å²) in [5, 5.41) is 12.8. The molecule has 1 saturated heterocycles. The zero-order valence-electron chi connectivity index (χ0n) is 13.3. The predicted octanol–water partition coefficient (Wildman–Crippen LogP) is 0.488. The van der Waals surface area contributed by atoms with Crippen LogP contribution in [-0.4, -0.2) is 51.7 Å². The number of piperidine rings is 1. The van der Waals surface area contributed by atoms with Crippen molar-refractivity contribution >= 4 is 10.2 Å². The van der Waals surface area contributed by atoms with Crippen LogP contribution in [0.15, 0.2) is 16.8 Å². The first-order valence-corrected chi connectivity index (χ1v) is 9.15. The van der Waals surface area contributed by atoms with Crippen LogP contribution in [0.2, 0.25) is 0 Å². The Morgan fingerprint density at radius 3 is 2.60 bits per heavy atom. The molecule has 1 atom stereocenters. The summed E-state index contributed by atoms with van der Waals surface area (Å²) in [5.74, 6) is -4.14. The third-order valence-electron chi connectivity index (χ3n) is 5.21. The van der Waals surface area contributed by atoms with Crippen molar-refractivity contribution in [3.63, 3.8) is 0 Å². The summed E-state index contributed by atoms with van der Waals surface area (Å²) < 4.78 is 59.4. The van der Waals surface area contributed by atoms with Crippen molar-refractivity contribution in [3.8, 4) is 11.6 Å². The molecule has 2 aromatic rings. The lowest BCUT2D eigenvalue weighted by Crippen LogP contribution is -2.43. The first kappa shape index (κ1) is 16.5. The summed E-state index contributed by atoms with van der Waals surface area (Å²) in [7, 11) is -2.19. The highest BCUT2D eigenvalue weighted by molar-refractivity contribution is 7.86. The van der Waals surface area contributed by atoms with Gasteiger partial charge >= 0.3 is 0 Å². The van der Waals surface area contributed by atoms with Crippen molar-refractivity contribution in [2.45, 2.75) is 24.7 Å². The van der Waals surface area contributed by atoms with Gasteiger partial charge in [-0.25, -0.2) is 13.9 Å². The Morgan fingerprint density at radius 1 is 1.36 bits per heavy atom. The van der Waals surface area contributed by atoms with Crippen molar-refractivity contribution < 1.29 is 21.7 Å². The van der Waals surface area contributed by atoms with E-state index in [1.165, 1.54) is 10.9 Å². The van der Waals surface area contributed by atoms with Crippen LogP contribution in [0.4, 0.5) is 8.78 Å². The highest BCUT2D eigenvalue weighted by Gasteiger charge is 2.82. The van der Waals surface area contributed by atoms with Crippen LogP contribution in [0.1, 0.15) is 24.6 Å². The Kier molecular flexibility index (Phi) is 3.34. The number of rotatable bonds is 3. The van der Waals surface area contributed by atoms with Gasteiger partial charge in [-0.05, 0) is 18.9 Å². The van der Waals surface area contributed by atoms with Gasteiger partial charge in [0.25, 0.3) is 22.0 Å². The molecule has 2 aromatic heterocycles. The van der Waals surface area contributed by atoms with E-state index in [0.29, 0.717) is 5.69 Å². The third-order valence-corrected chi connectivity index (χ3v) is 6.30. The number of aryl methyl sites for hydroxylation is 1. The van der Waals surface area contributed by atoms with Gasteiger partial charge in [-0.2, -0.15) is 22.8 Å². The van der Waals surface area contributed by atoms with Crippen LogP contribution in [-0.2, 0) is 17.3 Å². The topological polar surface area (TPSA) is 120 Å². The number of nitrogens with zero attached hydrogens (tertiary/aromatic N) is 5. The molecule has 4 rings (SSSR count). The molecule has 1 spiro atoms. The van der Waals surface area contributed by atoms with Gasteiger partial charge in [0.1, 0.15) is 5.69 Å². The van der Waals surface area contributed by atoms with E-state index < -0.39 is 27.5 Å². The van der Waals surface area contributed by atoms with Crippen LogP contribution in [0.25, 0.3) is 11.6 Å². The monoisotopic (exact) mass is 374 g/mol. The van der Waals surface area contributed by atoms with Gasteiger partial charge in [0.15, 0.2) is 5.82 Å². The number of hydrogen-bond acceptors (Lipinski definition) is 6. The molecule has 0 bridgehead atoms. The van der Waals surface area contributed by atoms with Crippen molar-refractivity contribution in [1.82, 2.24) is 24.2 Å². The van der Waals surface area contributed by atoms with Gasteiger partial charge in [0, 0.05) is 26.3 Å². The van der Waals surface area contributed by atoms with E-state index in [2.05, 4.69) is 15.2 Å². The second kappa shape index (κ2) is 5.05. The summed E-state index contributed by atoms with van der Waals surface area (Å²) in [6.45, 7) is -0.0886. The maximum absolute atomic E-state index is 14.5. The largest absolute Gasteiger partial charge is 0.332 e. The molecule has 0 aromatic carbocycles. The van der Waals surface area contributed by atoms with Crippen LogP contribution in [0.5, 0.6) is 0 Å². The fourth-order valence-corrected chi connectivity index (χ4v) is 4.41. The van der Waals surface area contributed by atoms with Crippen LogP contribution >= 0.6 is 0 Å². The highest BCUT2D eigenvalue weighted by Crippen LogP contribution is 2.75. The lowest BCUT2D eigenvalue weighted by molar-refractivity contribution is 0.0411. The molecule has 3 heterocycles. The normalized spacial score (nSPS) is 25.4. The average molecular weight is 374 g/mol. The first-order valence-electron chi connectivity index (χ1n) is 7.64. The predicted molar refractivity (Wildman–Crippen MR) is 80.5 cm³/mol. The van der Waals surface area contributed by atoms with Gasteiger partial charge in [-0.1, -0.05) is 5.16 Å². The molecule has 25 heavy (non-hydrogen) atoms. The van der Waals surface area contributed by atoms with Crippen molar-refractivity contribution in [1.29, 1.82) is 0 Å². The van der Waals surface area contributed by atoms with Gasteiger partial charge in [0.05, 0.1) is 11.3 Å². The van der Waals surface area contributed by atoms with E-state index in [1.807, 2.05) is 0 Å². The first-order chi connectivity index (χ1) is 11.7. The fraction of sp³-hybridized carbons (Fsp3) is 0.615. The van der Waals surface area contributed by atoms with Gasteiger partial charge in [0.2, 0.25) is 0 Å². The zero-order valence-corrected chi connectivity index (χ0v) is 14.1. The summed E-state index contributed by atoms with van der Waals surface area (Å²) in [5.41, 5.74) is -0.817. The second-order valence-electron chi connectivity index (χ2n) is 6.45. The van der Waals surface area contributed by atoms with Gasteiger partial charge in [-0.3, -0.25) is 4.68 Å². The quantitative estimate of drug-likeness (QED) is 0.835. The highest BCUT2D eigenvalue weighted by atomic mass is 32.2. The molecule has 1 aliphatic carbocycles. The summed E-state index contributed by atoms with van der Waals surface area (Å²) in [6, 6.07) is 1.64. The zero-order chi connectivity index (χ0) is 18.0.